The van der Waals surface area contributed by atoms with Crippen LogP contribution in [-0.2, 0) is 32.5 Å². The standard InChI is InChI=1S/C32H39N5O5S/c1-22(2)37(30(38)20-23-11-13-25(14-12-23)28-9-4-5-10-29(28)43(34,40)41)21-24-7-6-8-26(19-24)31(33)35-32(39)42-27-15-17-36(3)18-16-27/h4-14,19,22,27H,15-18,20-21H2,1-3H3,(H2,33,35,39)(H2,34,40,41). The van der Waals surface area contributed by atoms with Crippen LogP contribution in [0.15, 0.2) is 82.7 Å². The van der Waals surface area contributed by atoms with Gasteiger partial charge in [-0.2, -0.15) is 4.99 Å². The third kappa shape index (κ3) is 8.73. The van der Waals surface area contributed by atoms with Gasteiger partial charge in [0, 0.05) is 36.8 Å². The number of rotatable bonds is 9. The molecule has 1 aliphatic rings. The smallest absolute Gasteiger partial charge is 0.435 e. The number of amides is 2. The minimum Gasteiger partial charge on any atom is -0.444 e. The summed E-state index contributed by atoms with van der Waals surface area (Å²) in [6.45, 7) is 5.97. The summed E-state index contributed by atoms with van der Waals surface area (Å²) in [7, 11) is -1.85. The fourth-order valence-corrected chi connectivity index (χ4v) is 5.81. The Labute approximate surface area is 253 Å². The van der Waals surface area contributed by atoms with E-state index >= 15 is 0 Å². The van der Waals surface area contributed by atoms with Crippen LogP contribution in [0.4, 0.5) is 4.79 Å². The zero-order valence-electron chi connectivity index (χ0n) is 24.8. The molecule has 0 spiro atoms. The zero-order valence-corrected chi connectivity index (χ0v) is 25.6. The van der Waals surface area contributed by atoms with Gasteiger partial charge in [-0.05, 0) is 62.6 Å². The molecule has 0 radical (unpaired) electrons. The summed E-state index contributed by atoms with van der Waals surface area (Å²) < 4.78 is 29.5. The fraction of sp³-hybridized carbons (Fsp3) is 0.344. The Morgan fingerprint density at radius 2 is 1.67 bits per heavy atom. The average molecular weight is 606 g/mol. The van der Waals surface area contributed by atoms with Gasteiger partial charge in [-0.3, -0.25) is 4.79 Å². The van der Waals surface area contributed by atoms with Crippen molar-refractivity contribution in [3.8, 4) is 11.1 Å². The van der Waals surface area contributed by atoms with Gasteiger partial charge in [0.2, 0.25) is 15.9 Å². The van der Waals surface area contributed by atoms with Crippen molar-refractivity contribution in [1.29, 1.82) is 0 Å². The first-order chi connectivity index (χ1) is 20.4. The van der Waals surface area contributed by atoms with Crippen LogP contribution < -0.4 is 10.9 Å². The first kappa shape index (κ1) is 31.9. The van der Waals surface area contributed by atoms with Crippen LogP contribution in [0.1, 0.15) is 43.4 Å². The van der Waals surface area contributed by atoms with Crippen molar-refractivity contribution in [1.82, 2.24) is 9.80 Å². The summed E-state index contributed by atoms with van der Waals surface area (Å²) in [4.78, 5) is 33.7. The predicted molar refractivity (Wildman–Crippen MR) is 167 cm³/mol. The van der Waals surface area contributed by atoms with Crippen molar-refractivity contribution in [3.05, 3.63) is 89.5 Å². The lowest BCUT2D eigenvalue weighted by atomic mass is 10.0. The Kier molecular flexibility index (Phi) is 10.3. The Morgan fingerprint density at radius 3 is 2.33 bits per heavy atom. The maximum absolute atomic E-state index is 13.4. The van der Waals surface area contributed by atoms with E-state index < -0.39 is 16.1 Å². The average Bonchev–Trinajstić information content (AvgIpc) is 2.97. The molecule has 43 heavy (non-hydrogen) atoms. The molecule has 0 unspecified atom stereocenters. The van der Waals surface area contributed by atoms with Crippen LogP contribution in [0.5, 0.6) is 0 Å². The van der Waals surface area contributed by atoms with Gasteiger partial charge in [0.05, 0.1) is 11.3 Å². The summed E-state index contributed by atoms with van der Waals surface area (Å²) in [6.07, 6.45) is 0.842. The summed E-state index contributed by atoms with van der Waals surface area (Å²) in [6, 6.07) is 21.0. The first-order valence-electron chi connectivity index (χ1n) is 14.2. The number of nitrogens with two attached hydrogens (primary N) is 2. The molecule has 0 bridgehead atoms. The van der Waals surface area contributed by atoms with E-state index in [1.807, 2.05) is 51.2 Å². The number of piperidine rings is 1. The molecule has 0 atom stereocenters. The second-order valence-electron chi connectivity index (χ2n) is 11.1. The second-order valence-corrected chi connectivity index (χ2v) is 12.6. The van der Waals surface area contributed by atoms with Gasteiger partial charge < -0.3 is 20.3 Å². The van der Waals surface area contributed by atoms with Crippen LogP contribution >= 0.6 is 0 Å². The molecule has 10 nitrogen and oxygen atoms in total. The summed E-state index contributed by atoms with van der Waals surface area (Å²) in [5.41, 5.74) is 9.55. The maximum Gasteiger partial charge on any atom is 0.435 e. The largest absolute Gasteiger partial charge is 0.444 e. The number of carbonyl (C=O) groups is 2. The third-order valence-electron chi connectivity index (χ3n) is 7.48. The van der Waals surface area contributed by atoms with E-state index in [0.717, 1.165) is 37.1 Å². The van der Waals surface area contributed by atoms with Gasteiger partial charge in [0.1, 0.15) is 11.9 Å². The zero-order chi connectivity index (χ0) is 31.1. The number of amidine groups is 1. The molecular weight excluding hydrogens is 566 g/mol. The molecule has 4 rings (SSSR count). The monoisotopic (exact) mass is 605 g/mol. The number of aliphatic imine (C=N–C) groups is 1. The van der Waals surface area contributed by atoms with Crippen molar-refractivity contribution in [3.63, 3.8) is 0 Å². The molecule has 4 N–H and O–H groups in total. The number of carbonyl (C=O) groups excluding carboxylic acids is 2. The number of primary sulfonamides is 1. The van der Waals surface area contributed by atoms with Crippen LogP contribution in [0.3, 0.4) is 0 Å². The quantitative estimate of drug-likeness (QED) is 0.277. The molecule has 0 aliphatic carbocycles. The van der Waals surface area contributed by atoms with Crippen LogP contribution in [0.25, 0.3) is 11.1 Å². The van der Waals surface area contributed by atoms with Crippen LogP contribution in [-0.4, -0.2) is 68.3 Å². The van der Waals surface area contributed by atoms with Gasteiger partial charge in [0.15, 0.2) is 0 Å². The summed E-state index contributed by atoms with van der Waals surface area (Å²) in [5.74, 6) is -0.00673. The van der Waals surface area contributed by atoms with Crippen LogP contribution in [0, 0.1) is 0 Å². The molecule has 1 heterocycles. The maximum atomic E-state index is 13.4. The molecule has 2 amide bonds. The minimum absolute atomic E-state index is 0.0480. The lowest BCUT2D eigenvalue weighted by Gasteiger charge is -2.28. The van der Waals surface area contributed by atoms with Crippen molar-refractivity contribution in [2.75, 3.05) is 20.1 Å². The number of nitrogens with zero attached hydrogens (tertiary/aromatic N) is 3. The van der Waals surface area contributed by atoms with Gasteiger partial charge in [-0.1, -0.05) is 60.7 Å². The second kappa shape index (κ2) is 13.9. The molecule has 0 aromatic heterocycles. The van der Waals surface area contributed by atoms with Crippen LogP contribution in [0.2, 0.25) is 0 Å². The molecule has 228 valence electrons. The van der Waals surface area contributed by atoms with Crippen molar-refractivity contribution < 1.29 is 22.7 Å². The molecule has 3 aromatic carbocycles. The number of likely N-dealkylation sites (tertiary alicyclic amines) is 1. The molecule has 1 fully saturated rings. The molecule has 1 aliphatic heterocycles. The molecule has 11 heteroatoms. The van der Waals surface area contributed by atoms with E-state index in [1.54, 1.807) is 41.3 Å². The van der Waals surface area contributed by atoms with E-state index in [0.29, 0.717) is 23.2 Å². The minimum atomic E-state index is -3.88. The third-order valence-corrected chi connectivity index (χ3v) is 8.45. The van der Waals surface area contributed by atoms with Gasteiger partial charge in [-0.15, -0.1) is 0 Å². The van der Waals surface area contributed by atoms with E-state index in [1.165, 1.54) is 6.07 Å². The van der Waals surface area contributed by atoms with Gasteiger partial charge in [0.25, 0.3) is 0 Å². The van der Waals surface area contributed by atoms with Crippen molar-refractivity contribution in [2.24, 2.45) is 15.9 Å². The number of hydrogen-bond donors (Lipinski definition) is 2. The highest BCUT2D eigenvalue weighted by Gasteiger charge is 2.21. The first-order valence-corrected chi connectivity index (χ1v) is 15.8. The normalized spacial score (nSPS) is 15.0. The SMILES string of the molecule is CC(C)N(Cc1cccc(C(N)=NC(=O)OC2CCN(C)CC2)c1)C(=O)Cc1ccc(-c2ccccc2S(N)(=O)=O)cc1. The molecule has 0 saturated carbocycles. The predicted octanol–water partition coefficient (Wildman–Crippen LogP) is 3.92. The van der Waals surface area contributed by atoms with E-state index in [9.17, 15) is 18.0 Å². The van der Waals surface area contributed by atoms with Crippen molar-refractivity contribution in [2.45, 2.75) is 56.7 Å². The highest BCUT2D eigenvalue weighted by atomic mass is 32.2. The van der Waals surface area contributed by atoms with Gasteiger partial charge in [-0.25, -0.2) is 18.4 Å². The molecular formula is C32H39N5O5S. The topological polar surface area (TPSA) is 148 Å². The van der Waals surface area contributed by atoms with Crippen molar-refractivity contribution >= 4 is 27.9 Å². The number of ether oxygens (including phenoxy) is 1. The van der Waals surface area contributed by atoms with E-state index in [2.05, 4.69) is 9.89 Å². The highest BCUT2D eigenvalue weighted by Crippen LogP contribution is 2.27. The van der Waals surface area contributed by atoms with E-state index in [4.69, 9.17) is 15.6 Å². The van der Waals surface area contributed by atoms with Gasteiger partial charge >= 0.3 is 6.09 Å². The number of sulfonamides is 1. The fourth-order valence-electron chi connectivity index (χ4n) is 5.05. The summed E-state index contributed by atoms with van der Waals surface area (Å²) >= 11 is 0. The summed E-state index contributed by atoms with van der Waals surface area (Å²) in [5, 5.41) is 5.39. The Balaban J connectivity index is 1.42. The Bertz CT molecular complexity index is 1580. The Hall–Kier alpha value is -4.06. The molecule has 3 aromatic rings. The highest BCUT2D eigenvalue weighted by molar-refractivity contribution is 7.89. The Morgan fingerprint density at radius 1 is 1.00 bits per heavy atom. The molecule has 1 saturated heterocycles. The lowest BCUT2D eigenvalue weighted by molar-refractivity contribution is -0.132. The number of benzene rings is 3. The number of hydrogen-bond acceptors (Lipinski definition) is 6. The van der Waals surface area contributed by atoms with E-state index in [-0.39, 0.29) is 35.2 Å². The lowest BCUT2D eigenvalue weighted by Crippen LogP contribution is -2.37.